The maximum absolute atomic E-state index is 12.0. The van der Waals surface area contributed by atoms with E-state index in [1.807, 2.05) is 51.1 Å². The third kappa shape index (κ3) is 5.85. The average molecular weight is 484 g/mol. The van der Waals surface area contributed by atoms with Crippen molar-refractivity contribution in [1.29, 1.82) is 0 Å². The van der Waals surface area contributed by atoms with Crippen LogP contribution < -0.4 is 14.9 Å². The maximum atomic E-state index is 12.0. The van der Waals surface area contributed by atoms with Crippen molar-refractivity contribution in [2.24, 2.45) is 5.10 Å². The number of benzene rings is 2. The summed E-state index contributed by atoms with van der Waals surface area (Å²) in [6.45, 7) is 6.22. The molecule has 0 aliphatic carbocycles. The minimum absolute atomic E-state index is 0.114. The normalized spacial score (nSPS) is 10.8. The number of carbonyl (C=O) groups is 1. The molecule has 1 amide bonds. The van der Waals surface area contributed by atoms with E-state index in [1.165, 1.54) is 0 Å². The molecule has 138 valence electrons. The quantitative estimate of drug-likeness (QED) is 0.456. The lowest BCUT2D eigenvalue weighted by molar-refractivity contribution is -0.123. The maximum Gasteiger partial charge on any atom is 0.277 e. The third-order valence-electron chi connectivity index (χ3n) is 3.44. The van der Waals surface area contributed by atoms with Gasteiger partial charge in [0.25, 0.3) is 5.91 Å². The summed E-state index contributed by atoms with van der Waals surface area (Å²) >= 11 is 6.85. The second-order valence-corrected chi connectivity index (χ2v) is 7.40. The fourth-order valence-electron chi connectivity index (χ4n) is 2.38. The highest BCUT2D eigenvalue weighted by molar-refractivity contribution is 9.10. The van der Waals surface area contributed by atoms with Crippen molar-refractivity contribution in [1.82, 2.24) is 5.43 Å². The fourth-order valence-corrected chi connectivity index (χ4v) is 3.44. The van der Waals surface area contributed by atoms with Crippen molar-refractivity contribution in [3.8, 4) is 11.5 Å². The number of nitrogens with one attached hydrogen (secondary N) is 1. The molecular weight excluding hydrogens is 464 g/mol. The standard InChI is InChI=1S/C19H20Br2N2O3/c1-4-25-17-6-5-15(20)9-14(17)10-22-23-18(24)11-26-19-12(2)7-16(21)8-13(19)3/h5-10H,4,11H2,1-3H3,(H,23,24)/b22-10+. The van der Waals surface area contributed by atoms with Crippen LogP contribution >= 0.6 is 31.9 Å². The Labute approximate surface area is 170 Å². The molecule has 5 nitrogen and oxygen atoms in total. The Balaban J connectivity index is 1.95. The zero-order valence-corrected chi connectivity index (χ0v) is 18.0. The van der Waals surface area contributed by atoms with Crippen LogP contribution in [0.1, 0.15) is 23.6 Å². The number of hydrogen-bond donors (Lipinski definition) is 1. The smallest absolute Gasteiger partial charge is 0.277 e. The van der Waals surface area contributed by atoms with Gasteiger partial charge >= 0.3 is 0 Å². The van der Waals surface area contributed by atoms with Crippen LogP contribution in [0.25, 0.3) is 0 Å². The number of aryl methyl sites for hydroxylation is 2. The number of nitrogens with zero attached hydrogens (tertiary/aromatic N) is 1. The summed E-state index contributed by atoms with van der Waals surface area (Å²) in [6, 6.07) is 9.49. The molecule has 0 unspecified atom stereocenters. The average Bonchev–Trinajstić information content (AvgIpc) is 2.56. The van der Waals surface area contributed by atoms with Crippen LogP contribution in [0.15, 0.2) is 44.4 Å². The number of amides is 1. The van der Waals surface area contributed by atoms with Gasteiger partial charge in [-0.1, -0.05) is 31.9 Å². The van der Waals surface area contributed by atoms with Crippen molar-refractivity contribution in [3.05, 3.63) is 56.0 Å². The zero-order chi connectivity index (χ0) is 19.1. The summed E-state index contributed by atoms with van der Waals surface area (Å²) in [6.07, 6.45) is 1.55. The molecule has 0 atom stereocenters. The highest BCUT2D eigenvalue weighted by Crippen LogP contribution is 2.27. The van der Waals surface area contributed by atoms with E-state index in [2.05, 4.69) is 42.4 Å². The first-order chi connectivity index (χ1) is 12.4. The van der Waals surface area contributed by atoms with Gasteiger partial charge in [0.05, 0.1) is 12.8 Å². The van der Waals surface area contributed by atoms with Crippen LogP contribution in [0.2, 0.25) is 0 Å². The fraction of sp³-hybridized carbons (Fsp3) is 0.263. The zero-order valence-electron chi connectivity index (χ0n) is 14.8. The van der Waals surface area contributed by atoms with Crippen molar-refractivity contribution >= 4 is 44.0 Å². The van der Waals surface area contributed by atoms with Gasteiger partial charge in [-0.15, -0.1) is 0 Å². The second-order valence-electron chi connectivity index (χ2n) is 5.57. The van der Waals surface area contributed by atoms with Crippen LogP contribution in [-0.4, -0.2) is 25.3 Å². The highest BCUT2D eigenvalue weighted by atomic mass is 79.9. The molecule has 2 rings (SSSR count). The first kappa shape index (κ1) is 20.5. The van der Waals surface area contributed by atoms with Gasteiger partial charge in [0, 0.05) is 14.5 Å². The molecule has 0 aromatic heterocycles. The Morgan fingerprint density at radius 2 is 1.81 bits per heavy atom. The Morgan fingerprint density at radius 3 is 2.46 bits per heavy atom. The molecule has 0 fully saturated rings. The molecule has 0 heterocycles. The number of hydrazone groups is 1. The van der Waals surface area contributed by atoms with E-state index in [-0.39, 0.29) is 12.5 Å². The summed E-state index contributed by atoms with van der Waals surface area (Å²) < 4.78 is 13.0. The van der Waals surface area contributed by atoms with Gasteiger partial charge in [0.1, 0.15) is 11.5 Å². The third-order valence-corrected chi connectivity index (χ3v) is 4.39. The molecule has 0 radical (unpaired) electrons. The van der Waals surface area contributed by atoms with Crippen LogP contribution in [0.5, 0.6) is 11.5 Å². The van der Waals surface area contributed by atoms with E-state index in [4.69, 9.17) is 9.47 Å². The van der Waals surface area contributed by atoms with Gasteiger partial charge in [-0.2, -0.15) is 5.10 Å². The molecule has 7 heteroatoms. The molecule has 1 N–H and O–H groups in total. The molecule has 0 aliphatic heterocycles. The van der Waals surface area contributed by atoms with Gasteiger partial charge < -0.3 is 9.47 Å². The van der Waals surface area contributed by atoms with E-state index < -0.39 is 0 Å². The SMILES string of the molecule is CCOc1ccc(Br)cc1/C=N/NC(=O)COc1c(C)cc(Br)cc1C. The number of hydrogen-bond acceptors (Lipinski definition) is 4. The molecule has 26 heavy (non-hydrogen) atoms. The molecule has 0 bridgehead atoms. The van der Waals surface area contributed by atoms with E-state index in [0.29, 0.717) is 18.1 Å². The lowest BCUT2D eigenvalue weighted by atomic mass is 10.1. The van der Waals surface area contributed by atoms with Gasteiger partial charge in [-0.05, 0) is 62.2 Å². The van der Waals surface area contributed by atoms with E-state index in [0.717, 1.165) is 25.6 Å². The lowest BCUT2D eigenvalue weighted by Gasteiger charge is -2.12. The number of halogens is 2. The summed E-state index contributed by atoms with van der Waals surface area (Å²) in [5, 5.41) is 3.98. The van der Waals surface area contributed by atoms with Crippen molar-refractivity contribution in [2.75, 3.05) is 13.2 Å². The highest BCUT2D eigenvalue weighted by Gasteiger charge is 2.08. The lowest BCUT2D eigenvalue weighted by Crippen LogP contribution is -2.25. The van der Waals surface area contributed by atoms with Gasteiger partial charge in [0.15, 0.2) is 6.61 Å². The Morgan fingerprint density at radius 1 is 1.12 bits per heavy atom. The monoisotopic (exact) mass is 482 g/mol. The summed E-state index contributed by atoms with van der Waals surface area (Å²) in [7, 11) is 0. The predicted octanol–water partition coefficient (Wildman–Crippen LogP) is 4.76. The minimum atomic E-state index is -0.337. The Bertz CT molecular complexity index is 799. The first-order valence-corrected chi connectivity index (χ1v) is 9.63. The van der Waals surface area contributed by atoms with Gasteiger partial charge in [-0.25, -0.2) is 5.43 Å². The number of rotatable bonds is 7. The molecule has 0 spiro atoms. The van der Waals surface area contributed by atoms with Gasteiger partial charge in [0.2, 0.25) is 0 Å². The largest absolute Gasteiger partial charge is 0.493 e. The molecule has 2 aromatic carbocycles. The molecule has 0 aliphatic rings. The summed E-state index contributed by atoms with van der Waals surface area (Å²) in [5.41, 5.74) is 5.16. The van der Waals surface area contributed by atoms with E-state index in [9.17, 15) is 4.79 Å². The molecule has 0 saturated carbocycles. The number of carbonyl (C=O) groups excluding carboxylic acids is 1. The Hall–Kier alpha value is -1.86. The van der Waals surface area contributed by atoms with Crippen LogP contribution in [0.4, 0.5) is 0 Å². The summed E-state index contributed by atoms with van der Waals surface area (Å²) in [5.74, 6) is 1.07. The van der Waals surface area contributed by atoms with Crippen LogP contribution in [0.3, 0.4) is 0 Å². The summed E-state index contributed by atoms with van der Waals surface area (Å²) in [4.78, 5) is 12.0. The molecule has 0 saturated heterocycles. The first-order valence-electron chi connectivity index (χ1n) is 8.04. The minimum Gasteiger partial charge on any atom is -0.493 e. The molecular formula is C19H20Br2N2O3. The van der Waals surface area contributed by atoms with E-state index >= 15 is 0 Å². The van der Waals surface area contributed by atoms with Crippen LogP contribution in [-0.2, 0) is 4.79 Å². The van der Waals surface area contributed by atoms with Gasteiger partial charge in [-0.3, -0.25) is 4.79 Å². The van der Waals surface area contributed by atoms with Crippen molar-refractivity contribution in [3.63, 3.8) is 0 Å². The Kier molecular flexibility index (Phi) is 7.66. The predicted molar refractivity (Wildman–Crippen MR) is 110 cm³/mol. The van der Waals surface area contributed by atoms with Crippen LogP contribution in [0, 0.1) is 13.8 Å². The second kappa shape index (κ2) is 9.73. The molecule has 2 aromatic rings. The van der Waals surface area contributed by atoms with E-state index in [1.54, 1.807) is 6.21 Å². The van der Waals surface area contributed by atoms with Crippen molar-refractivity contribution < 1.29 is 14.3 Å². The number of ether oxygens (including phenoxy) is 2. The topological polar surface area (TPSA) is 59.9 Å². The van der Waals surface area contributed by atoms with Crippen molar-refractivity contribution in [2.45, 2.75) is 20.8 Å².